The molecule has 0 atom stereocenters. The fourth-order valence-electron chi connectivity index (χ4n) is 2.28. The van der Waals surface area contributed by atoms with Crippen molar-refractivity contribution in [2.75, 3.05) is 45.1 Å². The van der Waals surface area contributed by atoms with Gasteiger partial charge in [0.25, 0.3) is 10.0 Å². The van der Waals surface area contributed by atoms with Gasteiger partial charge in [0.15, 0.2) is 15.8 Å². The Morgan fingerprint density at radius 3 is 2.95 bits per heavy atom. The SMILES string of the molecule is Nc1nc2sccn2c1S(=O)(=O)NCCN1CCOCC1. The Morgan fingerprint density at radius 2 is 2.19 bits per heavy atom. The molecule has 3 N–H and O–H groups in total. The van der Waals surface area contributed by atoms with E-state index in [9.17, 15) is 8.42 Å². The van der Waals surface area contributed by atoms with E-state index in [2.05, 4.69) is 14.6 Å². The maximum absolute atomic E-state index is 12.4. The lowest BCUT2D eigenvalue weighted by atomic mass is 10.4. The zero-order chi connectivity index (χ0) is 14.9. The average molecular weight is 331 g/mol. The summed E-state index contributed by atoms with van der Waals surface area (Å²) in [5.41, 5.74) is 5.73. The van der Waals surface area contributed by atoms with Crippen LogP contribution in [0.4, 0.5) is 5.82 Å². The molecule has 2 aromatic heterocycles. The van der Waals surface area contributed by atoms with Crippen LogP contribution in [0.15, 0.2) is 16.6 Å². The van der Waals surface area contributed by atoms with Crippen LogP contribution >= 0.6 is 11.3 Å². The Kier molecular flexibility index (Phi) is 4.13. The first-order valence-corrected chi connectivity index (χ1v) is 8.95. The number of sulfonamides is 1. The van der Waals surface area contributed by atoms with Crippen molar-refractivity contribution in [2.45, 2.75) is 5.03 Å². The van der Waals surface area contributed by atoms with E-state index < -0.39 is 10.0 Å². The minimum absolute atomic E-state index is 0.0146. The van der Waals surface area contributed by atoms with Crippen molar-refractivity contribution in [3.63, 3.8) is 0 Å². The number of morpholine rings is 1. The number of anilines is 1. The van der Waals surface area contributed by atoms with E-state index in [0.717, 1.165) is 13.1 Å². The lowest BCUT2D eigenvalue weighted by Crippen LogP contribution is -2.41. The average Bonchev–Trinajstić information content (AvgIpc) is 2.99. The number of aromatic nitrogens is 2. The maximum Gasteiger partial charge on any atom is 0.260 e. The first-order valence-electron chi connectivity index (χ1n) is 6.59. The van der Waals surface area contributed by atoms with E-state index in [4.69, 9.17) is 10.5 Å². The lowest BCUT2D eigenvalue weighted by Gasteiger charge is -2.26. The summed E-state index contributed by atoms with van der Waals surface area (Å²) in [4.78, 5) is 6.78. The normalized spacial score (nSPS) is 17.5. The van der Waals surface area contributed by atoms with Crippen molar-refractivity contribution in [3.8, 4) is 0 Å². The molecule has 1 aliphatic rings. The van der Waals surface area contributed by atoms with Crippen LogP contribution in [0.25, 0.3) is 4.96 Å². The zero-order valence-corrected chi connectivity index (χ0v) is 13.0. The molecule has 10 heteroatoms. The number of ether oxygens (including phenoxy) is 1. The van der Waals surface area contributed by atoms with Crippen LogP contribution in [0.5, 0.6) is 0 Å². The summed E-state index contributed by atoms with van der Waals surface area (Å²) in [5, 5.41) is 1.79. The Hall–Kier alpha value is -1.20. The highest BCUT2D eigenvalue weighted by Gasteiger charge is 2.24. The number of hydrogen-bond acceptors (Lipinski definition) is 7. The number of nitrogens with one attached hydrogen (secondary N) is 1. The minimum Gasteiger partial charge on any atom is -0.381 e. The molecular formula is C11H17N5O3S2. The number of nitrogen functional groups attached to an aromatic ring is 1. The molecule has 0 saturated carbocycles. The second-order valence-electron chi connectivity index (χ2n) is 4.71. The Bertz CT molecular complexity index is 717. The molecule has 8 nitrogen and oxygen atoms in total. The van der Waals surface area contributed by atoms with Gasteiger partial charge in [-0.05, 0) is 0 Å². The highest BCUT2D eigenvalue weighted by Crippen LogP contribution is 2.22. The zero-order valence-electron chi connectivity index (χ0n) is 11.4. The molecule has 1 fully saturated rings. The van der Waals surface area contributed by atoms with Crippen LogP contribution in [0.3, 0.4) is 0 Å². The maximum atomic E-state index is 12.4. The van der Waals surface area contributed by atoms with Crippen LogP contribution in [0.1, 0.15) is 0 Å². The van der Waals surface area contributed by atoms with Gasteiger partial charge in [0.2, 0.25) is 0 Å². The predicted octanol–water partition coefficient (Wildman–Crippen LogP) is -0.412. The molecule has 21 heavy (non-hydrogen) atoms. The highest BCUT2D eigenvalue weighted by atomic mass is 32.2. The summed E-state index contributed by atoms with van der Waals surface area (Å²) >= 11 is 1.34. The number of imidazole rings is 1. The second kappa shape index (κ2) is 5.89. The van der Waals surface area contributed by atoms with Crippen LogP contribution in [-0.2, 0) is 14.8 Å². The van der Waals surface area contributed by atoms with Gasteiger partial charge in [-0.15, -0.1) is 11.3 Å². The van der Waals surface area contributed by atoms with Crippen LogP contribution < -0.4 is 10.5 Å². The van der Waals surface area contributed by atoms with E-state index in [1.165, 1.54) is 15.7 Å². The van der Waals surface area contributed by atoms with E-state index in [1.807, 2.05) is 0 Å². The molecule has 3 heterocycles. The third kappa shape index (κ3) is 3.04. The summed E-state index contributed by atoms with van der Waals surface area (Å²) in [5.74, 6) is 0.0284. The molecular weight excluding hydrogens is 314 g/mol. The molecule has 0 unspecified atom stereocenters. The van der Waals surface area contributed by atoms with Gasteiger partial charge in [-0.1, -0.05) is 0 Å². The molecule has 1 saturated heterocycles. The van der Waals surface area contributed by atoms with E-state index in [1.54, 1.807) is 11.6 Å². The monoisotopic (exact) mass is 331 g/mol. The molecule has 0 spiro atoms. The Labute approximate surface area is 126 Å². The van der Waals surface area contributed by atoms with Gasteiger partial charge in [-0.2, -0.15) is 0 Å². The predicted molar refractivity (Wildman–Crippen MR) is 79.9 cm³/mol. The van der Waals surface area contributed by atoms with Crippen molar-refractivity contribution in [1.82, 2.24) is 19.0 Å². The number of rotatable bonds is 5. The number of hydrogen-bond donors (Lipinski definition) is 2. The minimum atomic E-state index is -3.67. The molecule has 3 rings (SSSR count). The smallest absolute Gasteiger partial charge is 0.260 e. The molecule has 0 radical (unpaired) electrons. The van der Waals surface area contributed by atoms with Gasteiger partial charge in [0, 0.05) is 37.8 Å². The van der Waals surface area contributed by atoms with Gasteiger partial charge in [0.1, 0.15) is 0 Å². The molecule has 116 valence electrons. The van der Waals surface area contributed by atoms with Crippen molar-refractivity contribution >= 4 is 32.1 Å². The summed E-state index contributed by atoms with van der Waals surface area (Å²) < 4.78 is 34.1. The summed E-state index contributed by atoms with van der Waals surface area (Å²) in [6.07, 6.45) is 1.65. The molecule has 0 aromatic carbocycles. The van der Waals surface area contributed by atoms with Crippen molar-refractivity contribution in [2.24, 2.45) is 0 Å². The lowest BCUT2D eigenvalue weighted by molar-refractivity contribution is 0.0390. The second-order valence-corrected chi connectivity index (χ2v) is 7.26. The topological polar surface area (TPSA) is 102 Å². The molecule has 0 aliphatic carbocycles. The van der Waals surface area contributed by atoms with Crippen molar-refractivity contribution in [3.05, 3.63) is 11.6 Å². The largest absolute Gasteiger partial charge is 0.381 e. The third-order valence-electron chi connectivity index (χ3n) is 3.32. The van der Waals surface area contributed by atoms with Crippen LogP contribution in [0.2, 0.25) is 0 Å². The Balaban J connectivity index is 1.68. The van der Waals surface area contributed by atoms with Crippen LogP contribution in [-0.4, -0.2) is 62.1 Å². The van der Waals surface area contributed by atoms with Crippen molar-refractivity contribution in [1.29, 1.82) is 0 Å². The fraction of sp³-hybridized carbons (Fsp3) is 0.545. The van der Waals surface area contributed by atoms with Gasteiger partial charge >= 0.3 is 0 Å². The fourth-order valence-corrected chi connectivity index (χ4v) is 4.28. The summed E-state index contributed by atoms with van der Waals surface area (Å²) in [6.45, 7) is 4.01. The van der Waals surface area contributed by atoms with E-state index >= 15 is 0 Å². The number of thiazole rings is 1. The highest BCUT2D eigenvalue weighted by molar-refractivity contribution is 7.89. The first-order chi connectivity index (χ1) is 10.1. The standard InChI is InChI=1S/C11H17N5O3S2/c12-9-10(16-5-8-20-11(16)14-9)21(17,18)13-1-2-15-3-6-19-7-4-15/h5,8,13H,1-4,6-7,12H2. The van der Waals surface area contributed by atoms with E-state index in [-0.39, 0.29) is 10.8 Å². The van der Waals surface area contributed by atoms with E-state index in [0.29, 0.717) is 31.3 Å². The van der Waals surface area contributed by atoms with Gasteiger partial charge < -0.3 is 10.5 Å². The van der Waals surface area contributed by atoms with Gasteiger partial charge in [0.05, 0.1) is 13.2 Å². The van der Waals surface area contributed by atoms with Gasteiger partial charge in [-0.3, -0.25) is 9.30 Å². The van der Waals surface area contributed by atoms with Gasteiger partial charge in [-0.25, -0.2) is 18.1 Å². The Morgan fingerprint density at radius 1 is 1.43 bits per heavy atom. The van der Waals surface area contributed by atoms with Crippen molar-refractivity contribution < 1.29 is 13.2 Å². The number of nitrogens with two attached hydrogens (primary N) is 1. The quantitative estimate of drug-likeness (QED) is 0.772. The summed E-state index contributed by atoms with van der Waals surface area (Å²) in [6, 6.07) is 0. The summed E-state index contributed by atoms with van der Waals surface area (Å²) in [7, 11) is -3.67. The third-order valence-corrected chi connectivity index (χ3v) is 5.58. The van der Waals surface area contributed by atoms with Crippen LogP contribution in [0, 0.1) is 0 Å². The first kappa shape index (κ1) is 14.7. The molecule has 1 aliphatic heterocycles. The number of nitrogens with zero attached hydrogens (tertiary/aromatic N) is 3. The molecule has 0 bridgehead atoms. The molecule has 0 amide bonds. The molecule has 2 aromatic rings. The number of fused-ring (bicyclic) bond motifs is 1.